The van der Waals surface area contributed by atoms with Gasteiger partial charge >= 0.3 is 0 Å². The Hall–Kier alpha value is -2.11. The van der Waals surface area contributed by atoms with Crippen LogP contribution in [0.3, 0.4) is 0 Å². The minimum absolute atomic E-state index is 0.260. The summed E-state index contributed by atoms with van der Waals surface area (Å²) in [5, 5.41) is 10.3. The van der Waals surface area contributed by atoms with Crippen molar-refractivity contribution in [2.75, 3.05) is 33.4 Å². The van der Waals surface area contributed by atoms with Gasteiger partial charge < -0.3 is 14.6 Å². The summed E-state index contributed by atoms with van der Waals surface area (Å²) < 4.78 is 11.2. The summed E-state index contributed by atoms with van der Waals surface area (Å²) in [6.07, 6.45) is 4.20. The van der Waals surface area contributed by atoms with Gasteiger partial charge in [-0.05, 0) is 48.7 Å². The Kier molecular flexibility index (Phi) is 5.89. The molecule has 25 heavy (non-hydrogen) atoms. The molecule has 0 saturated carbocycles. The normalized spacial score (nSPS) is 20.6. The number of benzene rings is 1. The first kappa shape index (κ1) is 17.7. The molecule has 1 fully saturated rings. The lowest BCUT2D eigenvalue weighted by Crippen LogP contribution is -2.27. The van der Waals surface area contributed by atoms with Crippen LogP contribution < -0.4 is 9.47 Å². The average molecular weight is 342 g/mol. The Bertz CT molecular complexity index is 678. The van der Waals surface area contributed by atoms with Crippen molar-refractivity contribution >= 4 is 0 Å². The number of ether oxygens (including phenoxy) is 2. The van der Waals surface area contributed by atoms with Crippen molar-refractivity contribution in [3.63, 3.8) is 0 Å². The van der Waals surface area contributed by atoms with E-state index in [2.05, 4.69) is 9.88 Å². The SMILES string of the molecule is COc1cc(C)ccc1OCCN1C[C@@H](Cc2ccncc2)[C@@H](O)C1. The summed E-state index contributed by atoms with van der Waals surface area (Å²) in [6, 6.07) is 9.96. The lowest BCUT2D eigenvalue weighted by Gasteiger charge is -2.17. The lowest BCUT2D eigenvalue weighted by atomic mass is 9.97. The molecule has 3 rings (SSSR count). The van der Waals surface area contributed by atoms with Gasteiger partial charge in [-0.3, -0.25) is 9.88 Å². The third-order valence-corrected chi connectivity index (χ3v) is 4.71. The molecule has 1 aromatic carbocycles. The van der Waals surface area contributed by atoms with Crippen molar-refractivity contribution < 1.29 is 14.6 Å². The van der Waals surface area contributed by atoms with E-state index < -0.39 is 0 Å². The molecule has 0 unspecified atom stereocenters. The quantitative estimate of drug-likeness (QED) is 0.837. The first-order chi connectivity index (χ1) is 12.2. The van der Waals surface area contributed by atoms with Gasteiger partial charge in [0.05, 0.1) is 13.2 Å². The number of pyridine rings is 1. The first-order valence-electron chi connectivity index (χ1n) is 8.72. The largest absolute Gasteiger partial charge is 0.493 e. The fraction of sp³-hybridized carbons (Fsp3) is 0.450. The van der Waals surface area contributed by atoms with Crippen LogP contribution in [0.2, 0.25) is 0 Å². The number of aryl methyl sites for hydroxylation is 1. The Morgan fingerprint density at radius 3 is 2.72 bits per heavy atom. The van der Waals surface area contributed by atoms with Gasteiger partial charge in [-0.25, -0.2) is 0 Å². The second-order valence-corrected chi connectivity index (χ2v) is 6.65. The average Bonchev–Trinajstić information content (AvgIpc) is 2.96. The van der Waals surface area contributed by atoms with E-state index in [1.807, 2.05) is 37.3 Å². The molecule has 0 radical (unpaired) electrons. The molecule has 2 aromatic rings. The molecule has 2 heterocycles. The zero-order chi connectivity index (χ0) is 17.6. The summed E-state index contributed by atoms with van der Waals surface area (Å²) in [6.45, 7) is 4.98. The molecule has 1 saturated heterocycles. The van der Waals surface area contributed by atoms with Crippen molar-refractivity contribution in [1.29, 1.82) is 0 Å². The van der Waals surface area contributed by atoms with E-state index in [1.165, 1.54) is 5.56 Å². The molecule has 5 heteroatoms. The monoisotopic (exact) mass is 342 g/mol. The van der Waals surface area contributed by atoms with E-state index in [0.29, 0.717) is 13.2 Å². The highest BCUT2D eigenvalue weighted by Gasteiger charge is 2.31. The van der Waals surface area contributed by atoms with Crippen LogP contribution in [0.15, 0.2) is 42.7 Å². The van der Waals surface area contributed by atoms with Crippen LogP contribution in [0, 0.1) is 12.8 Å². The zero-order valence-electron chi connectivity index (χ0n) is 14.9. The number of nitrogens with zero attached hydrogens (tertiary/aromatic N) is 2. The van der Waals surface area contributed by atoms with Crippen molar-refractivity contribution in [2.45, 2.75) is 19.4 Å². The number of aliphatic hydroxyl groups excluding tert-OH is 1. The Labute approximate surface area is 149 Å². The van der Waals surface area contributed by atoms with Gasteiger partial charge in [0.15, 0.2) is 11.5 Å². The van der Waals surface area contributed by atoms with Crippen LogP contribution in [0.25, 0.3) is 0 Å². The van der Waals surface area contributed by atoms with Crippen molar-refractivity contribution in [3.8, 4) is 11.5 Å². The van der Waals surface area contributed by atoms with E-state index >= 15 is 0 Å². The summed E-state index contributed by atoms with van der Waals surface area (Å²) >= 11 is 0. The van der Waals surface area contributed by atoms with Crippen molar-refractivity contribution in [1.82, 2.24) is 9.88 Å². The van der Waals surface area contributed by atoms with Gasteiger partial charge in [0.2, 0.25) is 0 Å². The summed E-state index contributed by atoms with van der Waals surface area (Å²) in [7, 11) is 1.65. The molecular formula is C20H26N2O3. The molecule has 134 valence electrons. The predicted octanol–water partition coefficient (Wildman–Crippen LogP) is 2.31. The highest BCUT2D eigenvalue weighted by atomic mass is 16.5. The maximum Gasteiger partial charge on any atom is 0.161 e. The van der Waals surface area contributed by atoms with Gasteiger partial charge in [-0.1, -0.05) is 6.07 Å². The summed E-state index contributed by atoms with van der Waals surface area (Å²) in [5.74, 6) is 1.79. The fourth-order valence-corrected chi connectivity index (χ4v) is 3.33. The molecule has 5 nitrogen and oxygen atoms in total. The van der Waals surface area contributed by atoms with Crippen LogP contribution >= 0.6 is 0 Å². The van der Waals surface area contributed by atoms with E-state index in [4.69, 9.17) is 9.47 Å². The topological polar surface area (TPSA) is 54.8 Å². The second-order valence-electron chi connectivity index (χ2n) is 6.65. The van der Waals surface area contributed by atoms with E-state index in [9.17, 15) is 5.11 Å². The number of methoxy groups -OCH3 is 1. The van der Waals surface area contributed by atoms with E-state index in [1.54, 1.807) is 19.5 Å². The molecule has 1 aromatic heterocycles. The van der Waals surface area contributed by atoms with Crippen LogP contribution in [-0.2, 0) is 6.42 Å². The van der Waals surface area contributed by atoms with E-state index in [-0.39, 0.29) is 12.0 Å². The van der Waals surface area contributed by atoms with Gasteiger partial charge in [-0.15, -0.1) is 0 Å². The number of β-amino-alcohol motifs (C(OH)–C–C–N with tert-alkyl or cyclic N) is 1. The van der Waals surface area contributed by atoms with Crippen LogP contribution in [-0.4, -0.2) is 54.4 Å². The van der Waals surface area contributed by atoms with Gasteiger partial charge in [0.1, 0.15) is 6.61 Å². The zero-order valence-corrected chi connectivity index (χ0v) is 14.9. The lowest BCUT2D eigenvalue weighted by molar-refractivity contribution is 0.139. The Morgan fingerprint density at radius 1 is 1.16 bits per heavy atom. The Balaban J connectivity index is 1.48. The number of likely N-dealkylation sites (tertiary alicyclic amines) is 1. The molecule has 0 amide bonds. The fourth-order valence-electron chi connectivity index (χ4n) is 3.33. The molecule has 0 aliphatic carbocycles. The summed E-state index contributed by atoms with van der Waals surface area (Å²) in [4.78, 5) is 6.30. The highest BCUT2D eigenvalue weighted by Crippen LogP contribution is 2.28. The van der Waals surface area contributed by atoms with Crippen molar-refractivity contribution in [2.24, 2.45) is 5.92 Å². The maximum atomic E-state index is 10.3. The standard InChI is InChI=1S/C20H26N2O3/c1-15-3-4-19(20(11-15)24-2)25-10-9-22-13-17(18(23)14-22)12-16-5-7-21-8-6-16/h3-8,11,17-18,23H,9-10,12-14H2,1-2H3/t17-,18+/m1/s1. The third kappa shape index (κ3) is 4.71. The molecule has 1 aliphatic heterocycles. The molecule has 0 spiro atoms. The number of aliphatic hydroxyl groups is 1. The maximum absolute atomic E-state index is 10.3. The number of rotatable bonds is 7. The van der Waals surface area contributed by atoms with Gasteiger partial charge in [-0.2, -0.15) is 0 Å². The minimum atomic E-state index is -0.290. The van der Waals surface area contributed by atoms with E-state index in [0.717, 1.165) is 36.6 Å². The van der Waals surface area contributed by atoms with Crippen molar-refractivity contribution in [3.05, 3.63) is 53.9 Å². The van der Waals surface area contributed by atoms with Crippen LogP contribution in [0.4, 0.5) is 0 Å². The highest BCUT2D eigenvalue weighted by molar-refractivity contribution is 5.42. The summed E-state index contributed by atoms with van der Waals surface area (Å²) in [5.41, 5.74) is 2.37. The Morgan fingerprint density at radius 2 is 1.96 bits per heavy atom. The third-order valence-electron chi connectivity index (χ3n) is 4.71. The van der Waals surface area contributed by atoms with Crippen LogP contribution in [0.5, 0.6) is 11.5 Å². The smallest absolute Gasteiger partial charge is 0.161 e. The number of hydrogen-bond acceptors (Lipinski definition) is 5. The number of aromatic nitrogens is 1. The molecular weight excluding hydrogens is 316 g/mol. The second kappa shape index (κ2) is 8.32. The molecule has 2 atom stereocenters. The molecule has 1 aliphatic rings. The minimum Gasteiger partial charge on any atom is -0.493 e. The predicted molar refractivity (Wildman–Crippen MR) is 97.1 cm³/mol. The van der Waals surface area contributed by atoms with Gasteiger partial charge in [0.25, 0.3) is 0 Å². The number of hydrogen-bond donors (Lipinski definition) is 1. The van der Waals surface area contributed by atoms with Crippen LogP contribution in [0.1, 0.15) is 11.1 Å². The molecule has 0 bridgehead atoms. The first-order valence-corrected chi connectivity index (χ1v) is 8.72. The molecule has 1 N–H and O–H groups in total. The van der Waals surface area contributed by atoms with Gasteiger partial charge in [0, 0.05) is 37.9 Å².